The third-order valence-electron chi connectivity index (χ3n) is 4.03. The molecule has 0 saturated carbocycles. The van der Waals surface area contributed by atoms with Crippen molar-refractivity contribution in [2.24, 2.45) is 0 Å². The summed E-state index contributed by atoms with van der Waals surface area (Å²) in [5.74, 6) is 0.515. The Morgan fingerprint density at radius 1 is 1.28 bits per heavy atom. The molecule has 3 heterocycles. The van der Waals surface area contributed by atoms with Crippen LogP contribution in [0, 0.1) is 0 Å². The first kappa shape index (κ1) is 18.2. The smallest absolute Gasteiger partial charge is 0.255 e. The zero-order valence-electron chi connectivity index (χ0n) is 13.6. The Morgan fingerprint density at radius 2 is 2.00 bits per heavy atom. The number of pyridine rings is 1. The van der Waals surface area contributed by atoms with Crippen molar-refractivity contribution in [3.05, 3.63) is 45.2 Å². The van der Waals surface area contributed by atoms with Crippen LogP contribution in [0.2, 0.25) is 4.34 Å². The topological polar surface area (TPSA) is 79.4 Å². The van der Waals surface area contributed by atoms with E-state index in [2.05, 4.69) is 10.3 Å². The highest BCUT2D eigenvalue weighted by Gasteiger charge is 2.25. The number of anilines is 1. The van der Waals surface area contributed by atoms with Crippen LogP contribution in [0.4, 0.5) is 5.82 Å². The van der Waals surface area contributed by atoms with E-state index in [-0.39, 0.29) is 36.5 Å². The van der Waals surface area contributed by atoms with Gasteiger partial charge in [-0.3, -0.25) is 4.79 Å². The minimum absolute atomic E-state index is 0.0205. The van der Waals surface area contributed by atoms with Gasteiger partial charge in [-0.1, -0.05) is 11.6 Å². The number of nitrogens with zero attached hydrogens (tertiary/aromatic N) is 2. The molecule has 0 bridgehead atoms. The number of nitrogens with one attached hydrogen (secondary N) is 1. The van der Waals surface area contributed by atoms with Crippen LogP contribution in [-0.4, -0.2) is 48.8 Å². The largest absolute Gasteiger partial charge is 0.363 e. The van der Waals surface area contributed by atoms with Crippen LogP contribution in [0.5, 0.6) is 0 Å². The quantitative estimate of drug-likeness (QED) is 0.855. The number of thiophene rings is 1. The molecule has 9 heteroatoms. The Kier molecular flexibility index (Phi) is 5.31. The zero-order valence-corrected chi connectivity index (χ0v) is 16.0. The van der Waals surface area contributed by atoms with E-state index in [1.807, 2.05) is 19.1 Å². The van der Waals surface area contributed by atoms with Gasteiger partial charge in [0.15, 0.2) is 9.84 Å². The van der Waals surface area contributed by atoms with E-state index in [1.165, 1.54) is 17.5 Å². The Morgan fingerprint density at radius 3 is 2.56 bits per heavy atom. The van der Waals surface area contributed by atoms with Crippen molar-refractivity contribution >= 4 is 44.5 Å². The molecule has 1 unspecified atom stereocenters. The fourth-order valence-electron chi connectivity index (χ4n) is 2.56. The highest BCUT2D eigenvalue weighted by molar-refractivity contribution is 7.91. The monoisotopic (exact) mass is 399 g/mol. The molecule has 1 N–H and O–H groups in total. The summed E-state index contributed by atoms with van der Waals surface area (Å²) in [7, 11) is -3.00. The number of sulfone groups is 1. The second kappa shape index (κ2) is 7.31. The molecule has 0 spiro atoms. The summed E-state index contributed by atoms with van der Waals surface area (Å²) >= 11 is 7.46. The van der Waals surface area contributed by atoms with Crippen LogP contribution >= 0.6 is 22.9 Å². The fraction of sp³-hybridized carbons (Fsp3) is 0.375. The number of carbonyl (C=O) groups excluding carboxylic acids is 1. The SMILES string of the molecule is CC(Nc1ccc(C(=O)N2CCS(=O)(=O)CC2)cn1)c1ccc(Cl)s1. The van der Waals surface area contributed by atoms with Crippen LogP contribution in [-0.2, 0) is 9.84 Å². The Labute approximate surface area is 155 Å². The molecule has 1 amide bonds. The molecule has 0 aromatic carbocycles. The molecule has 2 aromatic rings. The average molecular weight is 400 g/mol. The molecular formula is C16H18ClN3O3S2. The molecule has 25 heavy (non-hydrogen) atoms. The van der Waals surface area contributed by atoms with E-state index in [0.717, 1.165) is 9.21 Å². The van der Waals surface area contributed by atoms with Gasteiger partial charge in [-0.05, 0) is 31.2 Å². The van der Waals surface area contributed by atoms with Crippen molar-refractivity contribution in [3.63, 3.8) is 0 Å². The van der Waals surface area contributed by atoms with Gasteiger partial charge in [-0.25, -0.2) is 13.4 Å². The summed E-state index contributed by atoms with van der Waals surface area (Å²) in [4.78, 5) is 19.4. The minimum atomic E-state index is -3.00. The molecule has 1 aliphatic heterocycles. The van der Waals surface area contributed by atoms with E-state index in [4.69, 9.17) is 11.6 Å². The third-order valence-corrected chi connectivity index (χ3v) is 7.05. The lowest BCUT2D eigenvalue weighted by Crippen LogP contribution is -2.43. The van der Waals surface area contributed by atoms with Gasteiger partial charge < -0.3 is 10.2 Å². The summed E-state index contributed by atoms with van der Waals surface area (Å²) in [6.45, 7) is 2.48. The predicted octanol–water partition coefficient (Wildman–Crippen LogP) is 2.84. The third kappa shape index (κ3) is 4.50. The molecule has 2 aromatic heterocycles. The van der Waals surface area contributed by atoms with Crippen molar-refractivity contribution in [1.29, 1.82) is 0 Å². The molecule has 0 aliphatic carbocycles. The minimum Gasteiger partial charge on any atom is -0.363 e. The first-order chi connectivity index (χ1) is 11.8. The second-order valence-corrected chi connectivity index (χ2v) is 9.93. The summed E-state index contributed by atoms with van der Waals surface area (Å²) in [5.41, 5.74) is 0.455. The fourth-order valence-corrected chi connectivity index (χ4v) is 4.82. The van der Waals surface area contributed by atoms with Crippen molar-refractivity contribution in [3.8, 4) is 0 Å². The highest BCUT2D eigenvalue weighted by atomic mass is 35.5. The van der Waals surface area contributed by atoms with Gasteiger partial charge in [0.05, 0.1) is 27.4 Å². The number of aromatic nitrogens is 1. The van der Waals surface area contributed by atoms with E-state index >= 15 is 0 Å². The summed E-state index contributed by atoms with van der Waals surface area (Å²) < 4.78 is 23.6. The first-order valence-corrected chi connectivity index (χ1v) is 10.8. The highest BCUT2D eigenvalue weighted by Crippen LogP contribution is 2.28. The van der Waals surface area contributed by atoms with Gasteiger partial charge in [0, 0.05) is 24.2 Å². The predicted molar refractivity (Wildman–Crippen MR) is 100 cm³/mol. The number of hydrogen-bond donors (Lipinski definition) is 1. The van der Waals surface area contributed by atoms with Gasteiger partial charge in [0.2, 0.25) is 0 Å². The lowest BCUT2D eigenvalue weighted by atomic mass is 10.2. The number of hydrogen-bond acceptors (Lipinski definition) is 6. The molecular weight excluding hydrogens is 382 g/mol. The van der Waals surface area contributed by atoms with Gasteiger partial charge in [-0.2, -0.15) is 0 Å². The maximum absolute atomic E-state index is 12.4. The standard InChI is InChI=1S/C16H18ClN3O3S2/c1-11(13-3-4-14(17)24-13)19-15-5-2-12(10-18-15)16(21)20-6-8-25(22,23)9-7-20/h2-5,10-11H,6-9H2,1H3,(H,18,19). The zero-order chi connectivity index (χ0) is 18.0. The van der Waals surface area contributed by atoms with E-state index in [0.29, 0.717) is 11.4 Å². The molecule has 3 rings (SSSR count). The van der Waals surface area contributed by atoms with Crippen molar-refractivity contribution in [1.82, 2.24) is 9.88 Å². The number of rotatable bonds is 4. The first-order valence-electron chi connectivity index (χ1n) is 7.81. The van der Waals surface area contributed by atoms with Crippen molar-refractivity contribution in [2.45, 2.75) is 13.0 Å². The van der Waals surface area contributed by atoms with Gasteiger partial charge in [-0.15, -0.1) is 11.3 Å². The lowest BCUT2D eigenvalue weighted by molar-refractivity contribution is 0.0770. The van der Waals surface area contributed by atoms with Crippen LogP contribution in [0.25, 0.3) is 0 Å². The molecule has 1 atom stereocenters. The van der Waals surface area contributed by atoms with Crippen molar-refractivity contribution < 1.29 is 13.2 Å². The Balaban J connectivity index is 1.63. The van der Waals surface area contributed by atoms with E-state index < -0.39 is 9.84 Å². The molecule has 0 radical (unpaired) electrons. The normalized spacial score (nSPS) is 17.9. The van der Waals surface area contributed by atoms with Crippen LogP contribution in [0.15, 0.2) is 30.5 Å². The van der Waals surface area contributed by atoms with Crippen LogP contribution < -0.4 is 5.32 Å². The van der Waals surface area contributed by atoms with Gasteiger partial charge in [0.1, 0.15) is 5.82 Å². The van der Waals surface area contributed by atoms with Crippen LogP contribution in [0.3, 0.4) is 0 Å². The molecule has 1 fully saturated rings. The maximum Gasteiger partial charge on any atom is 0.255 e. The Hall–Kier alpha value is -1.64. The van der Waals surface area contributed by atoms with Crippen molar-refractivity contribution in [2.75, 3.05) is 29.9 Å². The average Bonchev–Trinajstić information content (AvgIpc) is 3.02. The maximum atomic E-state index is 12.4. The Bertz CT molecular complexity index is 851. The number of halogens is 1. The van der Waals surface area contributed by atoms with Gasteiger partial charge in [0.25, 0.3) is 5.91 Å². The second-order valence-electron chi connectivity index (χ2n) is 5.88. The van der Waals surface area contributed by atoms with E-state index in [9.17, 15) is 13.2 Å². The molecule has 1 saturated heterocycles. The summed E-state index contributed by atoms with van der Waals surface area (Å²) in [6.07, 6.45) is 1.52. The lowest BCUT2D eigenvalue weighted by Gasteiger charge is -2.26. The molecule has 134 valence electrons. The van der Waals surface area contributed by atoms with Crippen LogP contribution in [0.1, 0.15) is 28.2 Å². The van der Waals surface area contributed by atoms with E-state index in [1.54, 1.807) is 17.0 Å². The summed E-state index contributed by atoms with van der Waals surface area (Å²) in [5, 5.41) is 3.26. The molecule has 1 aliphatic rings. The number of amides is 1. The summed E-state index contributed by atoms with van der Waals surface area (Å²) in [6, 6.07) is 7.33. The molecule has 6 nitrogen and oxygen atoms in total. The van der Waals surface area contributed by atoms with Gasteiger partial charge >= 0.3 is 0 Å². The number of carbonyl (C=O) groups is 1.